The summed E-state index contributed by atoms with van der Waals surface area (Å²) in [4.78, 5) is 0. The number of hydrogen-bond acceptors (Lipinski definition) is 3. The van der Waals surface area contributed by atoms with Crippen LogP contribution in [-0.4, -0.2) is 30.3 Å². The molecule has 0 aliphatic carbocycles. The van der Waals surface area contributed by atoms with E-state index in [0.29, 0.717) is 0 Å². The highest BCUT2D eigenvalue weighted by Gasteiger charge is 2.36. The molecular weight excluding hydrogens is 248 g/mol. The molecule has 3 nitrogen and oxygen atoms in total. The van der Waals surface area contributed by atoms with Crippen LogP contribution in [0.1, 0.15) is 39.5 Å². The van der Waals surface area contributed by atoms with Crippen LogP contribution >= 0.6 is 0 Å². The van der Waals surface area contributed by atoms with Gasteiger partial charge in [0.05, 0.1) is 0 Å². The molecule has 0 amide bonds. The van der Waals surface area contributed by atoms with Gasteiger partial charge in [0.1, 0.15) is 0 Å². The van der Waals surface area contributed by atoms with Gasteiger partial charge in [-0.3, -0.25) is 0 Å². The van der Waals surface area contributed by atoms with E-state index in [-0.39, 0.29) is 0 Å². The number of rotatable bonds is 10. The van der Waals surface area contributed by atoms with Gasteiger partial charge in [0.2, 0.25) is 0 Å². The molecule has 0 saturated heterocycles. The Balaban J connectivity index is 3.99. The zero-order valence-electron chi connectivity index (χ0n) is 12.5. The van der Waals surface area contributed by atoms with Gasteiger partial charge < -0.3 is 13.0 Å². The van der Waals surface area contributed by atoms with Crippen molar-refractivity contribution in [2.45, 2.75) is 65.7 Å². The second kappa shape index (κ2) is 8.42. The lowest BCUT2D eigenvalue weighted by Gasteiger charge is -2.32. The Kier molecular flexibility index (Phi) is 8.58. The zero-order valence-corrected chi connectivity index (χ0v) is 14.5. The Bertz CT molecular complexity index is 176. The molecule has 0 aliphatic heterocycles. The maximum atomic E-state index is 6.15. The minimum Gasteiger partial charge on any atom is -0.415 e. The maximum Gasteiger partial charge on any atom is 0.322 e. The van der Waals surface area contributed by atoms with Crippen LogP contribution in [0.3, 0.4) is 0 Å². The molecule has 0 heterocycles. The first kappa shape index (κ1) is 17.3. The van der Waals surface area contributed by atoms with E-state index in [1.165, 1.54) is 0 Å². The van der Waals surface area contributed by atoms with Gasteiger partial charge in [0.25, 0.3) is 0 Å². The van der Waals surface area contributed by atoms with Crippen molar-refractivity contribution in [3.05, 3.63) is 0 Å². The number of unbranched alkanes of at least 4 members (excludes halogenated alkanes) is 2. The normalized spacial score (nSPS) is 13.1. The fraction of sp³-hybridized carbons (Fsp3) is 1.00. The van der Waals surface area contributed by atoms with Gasteiger partial charge >= 0.3 is 17.1 Å². The third-order valence-electron chi connectivity index (χ3n) is 2.39. The summed E-state index contributed by atoms with van der Waals surface area (Å²) in [7, 11) is -4.00. The van der Waals surface area contributed by atoms with Crippen LogP contribution in [0.25, 0.3) is 0 Å². The van der Waals surface area contributed by atoms with Crippen LogP contribution in [0.4, 0.5) is 0 Å². The fourth-order valence-electron chi connectivity index (χ4n) is 1.58. The molecule has 0 atom stereocenters. The largest absolute Gasteiger partial charge is 0.415 e. The lowest BCUT2D eigenvalue weighted by atomic mass is 10.4. The Morgan fingerprint density at radius 3 is 1.35 bits per heavy atom. The van der Waals surface area contributed by atoms with E-state index in [1.54, 1.807) is 0 Å². The highest BCUT2D eigenvalue weighted by molar-refractivity contribution is 6.78. The van der Waals surface area contributed by atoms with Crippen LogP contribution in [-0.2, 0) is 13.0 Å². The number of hydrogen-bond donors (Lipinski definition) is 0. The summed E-state index contributed by atoms with van der Waals surface area (Å²) in [5.74, 6) is 0. The molecule has 0 fully saturated rings. The fourth-order valence-corrected chi connectivity index (χ4v) is 8.05. The topological polar surface area (TPSA) is 27.7 Å². The van der Waals surface area contributed by atoms with Gasteiger partial charge in [-0.05, 0) is 39.0 Å². The molecule has 0 saturated carbocycles. The summed E-state index contributed by atoms with van der Waals surface area (Å²) in [5.41, 5.74) is 0. The Morgan fingerprint density at radius 2 is 1.06 bits per heavy atom. The first-order chi connectivity index (χ1) is 7.83. The second-order valence-electron chi connectivity index (χ2n) is 5.31. The summed E-state index contributed by atoms with van der Waals surface area (Å²) in [6.07, 6.45) is 4.55. The molecule has 104 valence electrons. The summed E-state index contributed by atoms with van der Waals surface area (Å²) in [6, 6.07) is 0. The van der Waals surface area contributed by atoms with E-state index in [4.69, 9.17) is 13.0 Å². The van der Waals surface area contributed by atoms with E-state index < -0.39 is 17.1 Å². The Labute approximate surface area is 109 Å². The summed E-state index contributed by atoms with van der Waals surface area (Å²) < 4.78 is 17.9. The van der Waals surface area contributed by atoms with Crippen molar-refractivity contribution in [3.8, 4) is 0 Å². The average molecular weight is 279 g/mol. The Hall–Kier alpha value is 0.314. The monoisotopic (exact) mass is 278 g/mol. The predicted octanol–water partition coefficient (Wildman–Crippen LogP) is 4.04. The van der Waals surface area contributed by atoms with Crippen molar-refractivity contribution in [3.63, 3.8) is 0 Å². The van der Waals surface area contributed by atoms with Crippen molar-refractivity contribution in [1.29, 1.82) is 0 Å². The van der Waals surface area contributed by atoms with Crippen LogP contribution in [0, 0.1) is 0 Å². The van der Waals surface area contributed by atoms with Crippen molar-refractivity contribution in [1.82, 2.24) is 0 Å². The SMILES string of the molecule is CCCCO[Si](C)(C)O[Si](C)(C)OCCCC. The van der Waals surface area contributed by atoms with Gasteiger partial charge in [-0.2, -0.15) is 0 Å². The third-order valence-corrected chi connectivity index (χ3v) is 8.12. The molecule has 5 heteroatoms. The molecule has 0 radical (unpaired) electrons. The zero-order chi connectivity index (χ0) is 13.4. The van der Waals surface area contributed by atoms with Gasteiger partial charge in [0, 0.05) is 13.2 Å². The van der Waals surface area contributed by atoms with E-state index in [0.717, 1.165) is 38.9 Å². The van der Waals surface area contributed by atoms with Crippen LogP contribution < -0.4 is 0 Å². The van der Waals surface area contributed by atoms with Gasteiger partial charge in [-0.1, -0.05) is 26.7 Å². The van der Waals surface area contributed by atoms with Crippen molar-refractivity contribution >= 4 is 17.1 Å². The second-order valence-corrected chi connectivity index (χ2v) is 12.3. The van der Waals surface area contributed by atoms with Crippen LogP contribution in [0.2, 0.25) is 26.2 Å². The highest BCUT2D eigenvalue weighted by Crippen LogP contribution is 2.17. The quantitative estimate of drug-likeness (QED) is 0.446. The van der Waals surface area contributed by atoms with Crippen molar-refractivity contribution in [2.24, 2.45) is 0 Å². The van der Waals surface area contributed by atoms with E-state index in [1.807, 2.05) is 0 Å². The molecule has 0 unspecified atom stereocenters. The minimum atomic E-state index is -2.00. The van der Waals surface area contributed by atoms with Crippen molar-refractivity contribution < 1.29 is 13.0 Å². The van der Waals surface area contributed by atoms with Gasteiger partial charge in [-0.25, -0.2) is 0 Å². The van der Waals surface area contributed by atoms with E-state index in [2.05, 4.69) is 40.0 Å². The molecule has 0 aliphatic rings. The molecule has 0 bridgehead atoms. The van der Waals surface area contributed by atoms with E-state index in [9.17, 15) is 0 Å². The summed E-state index contributed by atoms with van der Waals surface area (Å²) in [5, 5.41) is 0. The molecular formula is C12H30O3Si2. The van der Waals surface area contributed by atoms with Crippen LogP contribution in [0.15, 0.2) is 0 Å². The summed E-state index contributed by atoms with van der Waals surface area (Å²) in [6.45, 7) is 14.4. The standard InChI is InChI=1S/C12H30O3Si2/c1-7-9-11-13-16(3,4)15-17(5,6)14-12-10-8-2/h7-12H2,1-6H3. The maximum absolute atomic E-state index is 6.15. The molecule has 17 heavy (non-hydrogen) atoms. The third kappa shape index (κ3) is 9.97. The van der Waals surface area contributed by atoms with Crippen molar-refractivity contribution in [2.75, 3.05) is 13.2 Å². The molecule has 0 aromatic rings. The summed E-state index contributed by atoms with van der Waals surface area (Å²) >= 11 is 0. The van der Waals surface area contributed by atoms with Gasteiger partial charge in [-0.15, -0.1) is 0 Å². The lowest BCUT2D eigenvalue weighted by molar-refractivity contribution is 0.192. The molecule has 0 rings (SSSR count). The average Bonchev–Trinajstić information content (AvgIpc) is 2.16. The molecule has 0 aromatic heterocycles. The lowest BCUT2D eigenvalue weighted by Crippen LogP contribution is -2.48. The first-order valence-corrected chi connectivity index (χ1v) is 12.4. The van der Waals surface area contributed by atoms with Crippen LogP contribution in [0.5, 0.6) is 0 Å². The van der Waals surface area contributed by atoms with E-state index >= 15 is 0 Å². The molecule has 0 N–H and O–H groups in total. The van der Waals surface area contributed by atoms with Gasteiger partial charge in [0.15, 0.2) is 0 Å². The predicted molar refractivity (Wildman–Crippen MR) is 77.8 cm³/mol. The minimum absolute atomic E-state index is 0.815. The molecule has 0 spiro atoms. The molecule has 0 aromatic carbocycles. The first-order valence-electron chi connectivity index (χ1n) is 6.81. The highest BCUT2D eigenvalue weighted by atomic mass is 28.5. The smallest absolute Gasteiger partial charge is 0.322 e. The Morgan fingerprint density at radius 1 is 0.706 bits per heavy atom.